The molecule has 0 bridgehead atoms. The van der Waals surface area contributed by atoms with Crippen LogP contribution in [0, 0.1) is 0 Å². The van der Waals surface area contributed by atoms with E-state index < -0.39 is 34.4 Å². The molecule has 0 saturated carbocycles. The van der Waals surface area contributed by atoms with Crippen LogP contribution in [0.4, 0.5) is 5.69 Å². The minimum atomic E-state index is -3.75. The molecule has 1 N–H and O–H groups in total. The molecular weight excluding hydrogens is 449 g/mol. The summed E-state index contributed by atoms with van der Waals surface area (Å²) < 4.78 is 25.7. The lowest BCUT2D eigenvalue weighted by Crippen LogP contribution is -2.50. The number of halogens is 2. The van der Waals surface area contributed by atoms with Gasteiger partial charge in [0.2, 0.25) is 21.8 Å². The van der Waals surface area contributed by atoms with Gasteiger partial charge in [0.15, 0.2) is 0 Å². The van der Waals surface area contributed by atoms with Crippen molar-refractivity contribution in [2.75, 3.05) is 24.2 Å². The molecule has 0 unspecified atom stereocenters. The van der Waals surface area contributed by atoms with E-state index in [1.807, 2.05) is 0 Å². The smallest absolute Gasteiger partial charge is 0.244 e. The van der Waals surface area contributed by atoms with Gasteiger partial charge in [-0.25, -0.2) is 8.42 Å². The van der Waals surface area contributed by atoms with E-state index in [4.69, 9.17) is 23.2 Å². The third kappa shape index (κ3) is 5.87. The van der Waals surface area contributed by atoms with Gasteiger partial charge in [-0.3, -0.25) is 13.9 Å². The maximum Gasteiger partial charge on any atom is 0.244 e. The maximum absolute atomic E-state index is 13.2. The van der Waals surface area contributed by atoms with Gasteiger partial charge in [0.1, 0.15) is 12.6 Å². The van der Waals surface area contributed by atoms with Crippen molar-refractivity contribution in [2.45, 2.75) is 19.5 Å². The Morgan fingerprint density at radius 2 is 1.60 bits per heavy atom. The fourth-order valence-corrected chi connectivity index (χ4v) is 4.22. The number of rotatable bonds is 8. The Morgan fingerprint density at radius 1 is 1.03 bits per heavy atom. The summed E-state index contributed by atoms with van der Waals surface area (Å²) in [6, 6.07) is 12.3. The second-order valence-electron chi connectivity index (χ2n) is 6.62. The molecule has 0 fully saturated rings. The minimum Gasteiger partial charge on any atom is -0.357 e. The third-order valence-corrected chi connectivity index (χ3v) is 6.38. The molecule has 2 aromatic carbocycles. The van der Waals surface area contributed by atoms with Crippen molar-refractivity contribution in [2.24, 2.45) is 0 Å². The number of likely N-dealkylation sites (N-methyl/N-ethyl adjacent to an activating group) is 1. The summed E-state index contributed by atoms with van der Waals surface area (Å²) in [6.45, 7) is 1.01. The number of carbonyl (C=O) groups is 2. The van der Waals surface area contributed by atoms with Crippen molar-refractivity contribution in [3.8, 4) is 0 Å². The number of anilines is 1. The van der Waals surface area contributed by atoms with Crippen LogP contribution in [0.2, 0.25) is 10.0 Å². The Hall–Kier alpha value is -2.29. The first-order chi connectivity index (χ1) is 14.1. The van der Waals surface area contributed by atoms with E-state index in [2.05, 4.69) is 5.32 Å². The Bertz CT molecular complexity index is 996. The van der Waals surface area contributed by atoms with Gasteiger partial charge in [0, 0.05) is 29.2 Å². The number of nitrogens with zero attached hydrogens (tertiary/aromatic N) is 2. The fourth-order valence-electron chi connectivity index (χ4n) is 2.85. The quantitative estimate of drug-likeness (QED) is 0.640. The number of para-hydroxylation sites is 1. The molecule has 0 heterocycles. The molecule has 1 atom stereocenters. The number of carbonyl (C=O) groups excluding carboxylic acids is 2. The van der Waals surface area contributed by atoms with E-state index in [1.165, 1.54) is 11.9 Å². The molecule has 0 aliphatic carbocycles. The van der Waals surface area contributed by atoms with Crippen LogP contribution in [0.25, 0.3) is 0 Å². The van der Waals surface area contributed by atoms with Crippen molar-refractivity contribution >= 4 is 50.7 Å². The van der Waals surface area contributed by atoms with Crippen molar-refractivity contribution in [1.82, 2.24) is 10.2 Å². The zero-order chi connectivity index (χ0) is 22.5. The molecule has 0 saturated heterocycles. The molecule has 0 spiro atoms. The molecule has 2 rings (SSSR count). The Labute approximate surface area is 186 Å². The Morgan fingerprint density at radius 3 is 2.10 bits per heavy atom. The highest BCUT2D eigenvalue weighted by Crippen LogP contribution is 2.27. The number of benzene rings is 2. The normalized spacial score (nSPS) is 12.2. The topological polar surface area (TPSA) is 86.8 Å². The molecule has 7 nitrogen and oxygen atoms in total. The second kappa shape index (κ2) is 10.1. The fraction of sp³-hybridized carbons (Fsp3) is 0.300. The van der Waals surface area contributed by atoms with E-state index in [0.717, 1.165) is 10.6 Å². The Balaban J connectivity index is 2.42. The van der Waals surface area contributed by atoms with Crippen LogP contribution in [-0.2, 0) is 26.2 Å². The lowest BCUT2D eigenvalue weighted by molar-refractivity contribution is -0.139. The summed E-state index contributed by atoms with van der Waals surface area (Å²) in [6.07, 6.45) is 1.02. The highest BCUT2D eigenvalue weighted by molar-refractivity contribution is 7.92. The first kappa shape index (κ1) is 24.0. The van der Waals surface area contributed by atoms with Gasteiger partial charge in [0.25, 0.3) is 0 Å². The van der Waals surface area contributed by atoms with E-state index in [0.29, 0.717) is 21.3 Å². The van der Waals surface area contributed by atoms with Gasteiger partial charge >= 0.3 is 0 Å². The summed E-state index contributed by atoms with van der Waals surface area (Å²) in [5, 5.41) is 3.18. The standard InChI is InChI=1S/C20H23Cl2N3O4S/c1-14(20(27)23-2)24(12-16-17(21)10-7-11-18(16)22)19(26)13-25(30(3,28)29)15-8-5-4-6-9-15/h4-11,14H,12-13H2,1-3H3,(H,23,27)/t14-/m1/s1. The monoisotopic (exact) mass is 471 g/mol. The molecule has 0 aromatic heterocycles. The van der Waals surface area contributed by atoms with Gasteiger partial charge in [0.05, 0.1) is 11.9 Å². The van der Waals surface area contributed by atoms with Crippen molar-refractivity contribution in [3.05, 3.63) is 64.1 Å². The van der Waals surface area contributed by atoms with Crippen molar-refractivity contribution in [1.29, 1.82) is 0 Å². The summed E-state index contributed by atoms with van der Waals surface area (Å²) in [4.78, 5) is 26.7. The average Bonchev–Trinajstić information content (AvgIpc) is 2.70. The van der Waals surface area contributed by atoms with Gasteiger partial charge in [-0.1, -0.05) is 47.5 Å². The highest BCUT2D eigenvalue weighted by Gasteiger charge is 2.30. The SMILES string of the molecule is CNC(=O)[C@@H](C)N(Cc1c(Cl)cccc1Cl)C(=O)CN(c1ccccc1)S(C)(=O)=O. The van der Waals surface area contributed by atoms with Gasteiger partial charge < -0.3 is 10.2 Å². The van der Waals surface area contributed by atoms with Crippen LogP contribution in [-0.4, -0.2) is 51.0 Å². The van der Waals surface area contributed by atoms with Crippen LogP contribution in [0.1, 0.15) is 12.5 Å². The van der Waals surface area contributed by atoms with Gasteiger partial charge in [-0.05, 0) is 31.2 Å². The van der Waals surface area contributed by atoms with E-state index >= 15 is 0 Å². The molecule has 0 radical (unpaired) electrons. The predicted molar refractivity (Wildman–Crippen MR) is 119 cm³/mol. The molecule has 2 amide bonds. The Kier molecular flexibility index (Phi) is 8.11. The second-order valence-corrected chi connectivity index (χ2v) is 9.34. The lowest BCUT2D eigenvalue weighted by Gasteiger charge is -2.31. The van der Waals surface area contributed by atoms with Crippen molar-refractivity contribution < 1.29 is 18.0 Å². The summed E-state index contributed by atoms with van der Waals surface area (Å²) in [5.41, 5.74) is 0.812. The highest BCUT2D eigenvalue weighted by atomic mass is 35.5. The number of hydrogen-bond acceptors (Lipinski definition) is 4. The number of nitrogens with one attached hydrogen (secondary N) is 1. The number of hydrogen-bond donors (Lipinski definition) is 1. The summed E-state index contributed by atoms with van der Waals surface area (Å²) >= 11 is 12.5. The van der Waals surface area contributed by atoms with Crippen LogP contribution >= 0.6 is 23.2 Å². The number of amides is 2. The maximum atomic E-state index is 13.2. The van der Waals surface area contributed by atoms with Crippen molar-refractivity contribution in [3.63, 3.8) is 0 Å². The molecule has 30 heavy (non-hydrogen) atoms. The molecule has 10 heteroatoms. The van der Waals surface area contributed by atoms with E-state index in [-0.39, 0.29) is 6.54 Å². The minimum absolute atomic E-state index is 0.0572. The largest absolute Gasteiger partial charge is 0.357 e. The van der Waals surface area contributed by atoms with Crippen LogP contribution in [0.3, 0.4) is 0 Å². The average molecular weight is 472 g/mol. The van der Waals surface area contributed by atoms with Gasteiger partial charge in [-0.15, -0.1) is 0 Å². The zero-order valence-electron chi connectivity index (χ0n) is 16.8. The first-order valence-corrected chi connectivity index (χ1v) is 11.6. The molecular formula is C20H23Cl2N3O4S. The summed E-state index contributed by atoms with van der Waals surface area (Å²) in [5.74, 6) is -0.978. The first-order valence-electron chi connectivity index (χ1n) is 9.03. The molecule has 2 aromatic rings. The van der Waals surface area contributed by atoms with Crippen LogP contribution in [0.5, 0.6) is 0 Å². The number of sulfonamides is 1. The van der Waals surface area contributed by atoms with E-state index in [9.17, 15) is 18.0 Å². The lowest BCUT2D eigenvalue weighted by atomic mass is 10.1. The molecule has 0 aliphatic rings. The third-order valence-electron chi connectivity index (χ3n) is 4.53. The van der Waals surface area contributed by atoms with Crippen LogP contribution in [0.15, 0.2) is 48.5 Å². The van der Waals surface area contributed by atoms with Crippen LogP contribution < -0.4 is 9.62 Å². The van der Waals surface area contributed by atoms with E-state index in [1.54, 1.807) is 55.5 Å². The zero-order valence-corrected chi connectivity index (χ0v) is 19.1. The predicted octanol–water partition coefficient (Wildman–Crippen LogP) is 2.92. The summed E-state index contributed by atoms with van der Waals surface area (Å²) in [7, 11) is -2.30. The van der Waals surface area contributed by atoms with Gasteiger partial charge in [-0.2, -0.15) is 0 Å². The molecule has 0 aliphatic heterocycles. The molecule has 162 valence electrons.